The summed E-state index contributed by atoms with van der Waals surface area (Å²) < 4.78 is 11.1. The lowest BCUT2D eigenvalue weighted by Crippen LogP contribution is -2.46. The van der Waals surface area contributed by atoms with E-state index in [4.69, 9.17) is 21.1 Å². The van der Waals surface area contributed by atoms with Gasteiger partial charge in [-0.25, -0.2) is 0 Å². The van der Waals surface area contributed by atoms with Gasteiger partial charge in [0.05, 0.1) is 25.3 Å². The Kier molecular flexibility index (Phi) is 7.71. The predicted octanol–water partition coefficient (Wildman–Crippen LogP) is 4.47. The molecule has 3 heterocycles. The third kappa shape index (κ3) is 5.45. The maximum atomic E-state index is 13.4. The highest BCUT2D eigenvalue weighted by atomic mass is 35.5. The van der Waals surface area contributed by atoms with E-state index in [9.17, 15) is 9.59 Å². The van der Waals surface area contributed by atoms with Gasteiger partial charge in [-0.05, 0) is 55.3 Å². The van der Waals surface area contributed by atoms with Crippen LogP contribution in [0.3, 0.4) is 0 Å². The molecule has 2 fully saturated rings. The zero-order valence-corrected chi connectivity index (χ0v) is 19.9. The van der Waals surface area contributed by atoms with E-state index in [-0.39, 0.29) is 23.8 Å². The molecule has 1 aromatic heterocycles. The first kappa shape index (κ1) is 23.1. The van der Waals surface area contributed by atoms with E-state index in [1.54, 1.807) is 41.5 Å². The lowest BCUT2D eigenvalue weighted by molar-refractivity contribution is -0.139. The number of hydrogen-bond acceptors (Lipinski definition) is 5. The number of benzene rings is 1. The molecule has 6 nitrogen and oxygen atoms in total. The summed E-state index contributed by atoms with van der Waals surface area (Å²) in [6.07, 6.45) is 3.48. The molecule has 0 N–H and O–H groups in total. The molecule has 0 saturated carbocycles. The number of piperidine rings is 1. The van der Waals surface area contributed by atoms with E-state index in [2.05, 4.69) is 6.07 Å². The minimum absolute atomic E-state index is 0.0818. The molecule has 2 aliphatic rings. The van der Waals surface area contributed by atoms with Gasteiger partial charge in [0.15, 0.2) is 0 Å². The average molecular weight is 477 g/mol. The van der Waals surface area contributed by atoms with Gasteiger partial charge in [0.2, 0.25) is 5.91 Å². The van der Waals surface area contributed by atoms with Crippen molar-refractivity contribution in [2.45, 2.75) is 38.3 Å². The van der Waals surface area contributed by atoms with Crippen LogP contribution < -0.4 is 4.74 Å². The summed E-state index contributed by atoms with van der Waals surface area (Å²) in [6.45, 7) is 3.11. The maximum Gasteiger partial charge on any atom is 0.257 e. The summed E-state index contributed by atoms with van der Waals surface area (Å²) in [5, 5.41) is 2.54. The first-order valence-electron chi connectivity index (χ1n) is 11.1. The van der Waals surface area contributed by atoms with Gasteiger partial charge in [-0.1, -0.05) is 17.7 Å². The smallest absolute Gasteiger partial charge is 0.257 e. The molecule has 1 unspecified atom stereocenters. The van der Waals surface area contributed by atoms with E-state index >= 15 is 0 Å². The zero-order valence-electron chi connectivity index (χ0n) is 18.3. The first-order valence-corrected chi connectivity index (χ1v) is 12.4. The van der Waals surface area contributed by atoms with Gasteiger partial charge in [-0.3, -0.25) is 9.59 Å². The molecule has 0 aliphatic carbocycles. The molecule has 0 radical (unpaired) electrons. The Hall–Kier alpha value is -2.09. The van der Waals surface area contributed by atoms with Crippen LogP contribution in [0.4, 0.5) is 0 Å². The molecular formula is C24H29ClN2O4S. The summed E-state index contributed by atoms with van der Waals surface area (Å²) in [5.41, 5.74) is 0.461. The van der Waals surface area contributed by atoms with Crippen LogP contribution in [0.25, 0.3) is 0 Å². The monoisotopic (exact) mass is 476 g/mol. The molecule has 1 aromatic carbocycles. The van der Waals surface area contributed by atoms with Crippen LogP contribution in [-0.4, -0.2) is 61.1 Å². The Bertz CT molecular complexity index is 922. The lowest BCUT2D eigenvalue weighted by atomic mass is 9.94. The molecule has 172 valence electrons. The van der Waals surface area contributed by atoms with Crippen molar-refractivity contribution >= 4 is 34.8 Å². The van der Waals surface area contributed by atoms with Gasteiger partial charge in [0.25, 0.3) is 5.91 Å². The van der Waals surface area contributed by atoms with E-state index in [1.807, 2.05) is 16.3 Å². The summed E-state index contributed by atoms with van der Waals surface area (Å²) in [4.78, 5) is 31.4. The number of halogens is 1. The number of likely N-dealkylation sites (tertiary alicyclic amines) is 1. The van der Waals surface area contributed by atoms with Crippen molar-refractivity contribution in [1.29, 1.82) is 0 Å². The lowest BCUT2D eigenvalue weighted by Gasteiger charge is -2.35. The molecule has 4 rings (SSSR count). The first-order chi connectivity index (χ1) is 15.5. The number of nitrogens with zero attached hydrogens (tertiary/aromatic N) is 2. The highest BCUT2D eigenvalue weighted by molar-refractivity contribution is 7.09. The summed E-state index contributed by atoms with van der Waals surface area (Å²) >= 11 is 7.77. The number of rotatable bonds is 7. The third-order valence-electron chi connectivity index (χ3n) is 6.21. The molecule has 2 saturated heterocycles. The van der Waals surface area contributed by atoms with Crippen LogP contribution >= 0.6 is 22.9 Å². The number of methoxy groups -OCH3 is 1. The van der Waals surface area contributed by atoms with Crippen LogP contribution in [-0.2, 0) is 16.1 Å². The van der Waals surface area contributed by atoms with E-state index in [0.29, 0.717) is 55.4 Å². The molecule has 2 amide bonds. The number of hydrogen-bond donors (Lipinski definition) is 0. The van der Waals surface area contributed by atoms with E-state index < -0.39 is 0 Å². The highest BCUT2D eigenvalue weighted by Crippen LogP contribution is 2.28. The van der Waals surface area contributed by atoms with Crippen molar-refractivity contribution < 1.29 is 19.1 Å². The van der Waals surface area contributed by atoms with Crippen LogP contribution in [0.1, 0.15) is 40.9 Å². The quantitative estimate of drug-likeness (QED) is 0.591. The topological polar surface area (TPSA) is 59.1 Å². The Morgan fingerprint density at radius 3 is 2.72 bits per heavy atom. The van der Waals surface area contributed by atoms with Crippen molar-refractivity contribution in [2.75, 3.05) is 33.4 Å². The van der Waals surface area contributed by atoms with Gasteiger partial charge < -0.3 is 19.3 Å². The van der Waals surface area contributed by atoms with E-state index in [1.165, 1.54) is 4.88 Å². The maximum absolute atomic E-state index is 13.4. The van der Waals surface area contributed by atoms with Crippen LogP contribution in [0.15, 0.2) is 35.7 Å². The average Bonchev–Trinajstić information content (AvgIpc) is 3.52. The van der Waals surface area contributed by atoms with Crippen molar-refractivity contribution in [2.24, 2.45) is 5.92 Å². The number of thiophene rings is 1. The van der Waals surface area contributed by atoms with Crippen molar-refractivity contribution in [3.05, 3.63) is 51.2 Å². The Morgan fingerprint density at radius 2 is 2.06 bits per heavy atom. The number of ether oxygens (including phenoxy) is 2. The number of amides is 2. The molecule has 0 bridgehead atoms. The normalized spacial score (nSPS) is 19.2. The Balaban J connectivity index is 1.39. The SMILES string of the molecule is COc1ccc(Cl)cc1C(=O)N1CCC(C(=O)N(Cc2cccs2)CC2CCCO2)CC1. The van der Waals surface area contributed by atoms with Crippen LogP contribution in [0.2, 0.25) is 5.02 Å². The molecule has 1 atom stereocenters. The second-order valence-corrected chi connectivity index (χ2v) is 9.81. The molecule has 2 aliphatic heterocycles. The summed E-state index contributed by atoms with van der Waals surface area (Å²) in [6, 6.07) is 9.14. The van der Waals surface area contributed by atoms with Crippen LogP contribution in [0.5, 0.6) is 5.75 Å². The second kappa shape index (κ2) is 10.7. The molecule has 0 spiro atoms. The van der Waals surface area contributed by atoms with Crippen molar-refractivity contribution in [3.8, 4) is 5.75 Å². The predicted molar refractivity (Wildman–Crippen MR) is 125 cm³/mol. The Labute approximate surface area is 198 Å². The number of carbonyl (C=O) groups is 2. The van der Waals surface area contributed by atoms with Crippen molar-refractivity contribution in [3.63, 3.8) is 0 Å². The standard InChI is InChI=1S/C24H29ClN2O4S/c1-30-22-7-6-18(25)14-21(22)24(29)26-10-8-17(9-11-26)23(28)27(15-19-4-2-12-31-19)16-20-5-3-13-32-20/h3,5-7,13-14,17,19H,2,4,8-12,15-16H2,1H3. The van der Waals surface area contributed by atoms with Crippen molar-refractivity contribution in [1.82, 2.24) is 9.80 Å². The summed E-state index contributed by atoms with van der Waals surface area (Å²) in [5.74, 6) is 0.490. The second-order valence-electron chi connectivity index (χ2n) is 8.34. The minimum atomic E-state index is -0.106. The fourth-order valence-electron chi connectivity index (χ4n) is 4.46. The molecular weight excluding hydrogens is 448 g/mol. The van der Waals surface area contributed by atoms with E-state index in [0.717, 1.165) is 19.4 Å². The fourth-order valence-corrected chi connectivity index (χ4v) is 5.35. The minimum Gasteiger partial charge on any atom is -0.496 e. The Morgan fingerprint density at radius 1 is 1.25 bits per heavy atom. The molecule has 8 heteroatoms. The number of carbonyl (C=O) groups excluding carboxylic acids is 2. The van der Waals surface area contributed by atoms with Gasteiger partial charge in [0, 0.05) is 42.1 Å². The fraction of sp³-hybridized carbons (Fsp3) is 0.500. The molecule has 32 heavy (non-hydrogen) atoms. The highest BCUT2D eigenvalue weighted by Gasteiger charge is 2.33. The van der Waals surface area contributed by atoms with Gasteiger partial charge in [0.1, 0.15) is 5.75 Å². The molecule has 2 aromatic rings. The van der Waals surface area contributed by atoms with Gasteiger partial charge >= 0.3 is 0 Å². The summed E-state index contributed by atoms with van der Waals surface area (Å²) in [7, 11) is 1.54. The van der Waals surface area contributed by atoms with Crippen LogP contribution in [0, 0.1) is 5.92 Å². The van der Waals surface area contributed by atoms with Gasteiger partial charge in [-0.15, -0.1) is 11.3 Å². The largest absolute Gasteiger partial charge is 0.496 e. The third-order valence-corrected chi connectivity index (χ3v) is 7.31. The zero-order chi connectivity index (χ0) is 22.5. The van der Waals surface area contributed by atoms with Gasteiger partial charge in [-0.2, -0.15) is 0 Å².